The summed E-state index contributed by atoms with van der Waals surface area (Å²) in [5.41, 5.74) is 1.12. The topological polar surface area (TPSA) is 77.2 Å². The number of aryl methyl sites for hydroxylation is 2. The normalized spacial score (nSPS) is 14.3. The molecule has 0 bridgehead atoms. The Kier molecular flexibility index (Phi) is 5.05. The second-order valence-electron chi connectivity index (χ2n) is 7.58. The van der Waals surface area contributed by atoms with Gasteiger partial charge in [0.1, 0.15) is 5.65 Å². The van der Waals surface area contributed by atoms with Crippen LogP contribution in [-0.2, 0) is 13.6 Å². The van der Waals surface area contributed by atoms with E-state index in [-0.39, 0.29) is 23.5 Å². The molecule has 0 aliphatic carbocycles. The molecule has 1 aliphatic heterocycles. The van der Waals surface area contributed by atoms with Gasteiger partial charge in [-0.3, -0.25) is 18.7 Å². The highest BCUT2D eigenvalue weighted by Crippen LogP contribution is 2.19. The first-order valence-corrected chi connectivity index (χ1v) is 9.92. The second kappa shape index (κ2) is 7.66. The van der Waals surface area contributed by atoms with Crippen molar-refractivity contribution in [3.05, 3.63) is 74.1 Å². The first-order chi connectivity index (χ1) is 14.0. The molecule has 0 radical (unpaired) electrons. The number of likely N-dealkylation sites (tertiary alicyclic amines) is 1. The molecule has 29 heavy (non-hydrogen) atoms. The fraction of sp³-hybridized carbons (Fsp3) is 0.364. The van der Waals surface area contributed by atoms with Crippen LogP contribution in [0.15, 0.2) is 46.0 Å². The van der Waals surface area contributed by atoms with Crippen molar-refractivity contribution in [1.29, 1.82) is 0 Å². The Labute approximate surface area is 168 Å². The average Bonchev–Trinajstić information content (AvgIpc) is 2.75. The molecule has 7 nitrogen and oxygen atoms in total. The van der Waals surface area contributed by atoms with Gasteiger partial charge in [0, 0.05) is 25.8 Å². The zero-order valence-corrected chi connectivity index (χ0v) is 16.7. The quantitative estimate of drug-likeness (QED) is 0.684. The molecule has 3 aromatic rings. The molecule has 3 heterocycles. The molecule has 150 valence electrons. The third kappa shape index (κ3) is 3.48. The lowest BCUT2D eigenvalue weighted by molar-refractivity contribution is 0.0726. The van der Waals surface area contributed by atoms with Crippen molar-refractivity contribution in [2.45, 2.75) is 32.7 Å². The molecule has 0 atom stereocenters. The number of rotatable bonds is 3. The smallest absolute Gasteiger partial charge is 0.332 e. The summed E-state index contributed by atoms with van der Waals surface area (Å²) >= 11 is 0. The van der Waals surface area contributed by atoms with Crippen LogP contribution in [0.1, 0.15) is 40.9 Å². The zero-order chi connectivity index (χ0) is 20.5. The predicted molar refractivity (Wildman–Crippen MR) is 111 cm³/mol. The molecule has 1 saturated heterocycles. The van der Waals surface area contributed by atoms with Crippen LogP contribution in [-0.4, -0.2) is 38.0 Å². The van der Waals surface area contributed by atoms with E-state index in [9.17, 15) is 14.4 Å². The van der Waals surface area contributed by atoms with Gasteiger partial charge in [-0.2, -0.15) is 0 Å². The standard InChI is InChI=1S/C22H24N4O3/c1-15-13-17(20(27)25-11-7-4-8-12-25)18-19(23-15)24(2)22(29)26(21(18)28)14-16-9-5-3-6-10-16/h3,5-6,9-10,13H,4,7-8,11-12,14H2,1-2H3. The van der Waals surface area contributed by atoms with Gasteiger partial charge >= 0.3 is 5.69 Å². The van der Waals surface area contributed by atoms with E-state index >= 15 is 0 Å². The van der Waals surface area contributed by atoms with Gasteiger partial charge in [0.2, 0.25) is 0 Å². The Hall–Kier alpha value is -3.22. The van der Waals surface area contributed by atoms with Crippen LogP contribution < -0.4 is 11.2 Å². The van der Waals surface area contributed by atoms with Crippen molar-refractivity contribution < 1.29 is 4.79 Å². The molecule has 0 saturated carbocycles. The van der Waals surface area contributed by atoms with Crippen molar-refractivity contribution in [3.8, 4) is 0 Å². The lowest BCUT2D eigenvalue weighted by Crippen LogP contribution is -2.41. The number of carbonyl (C=O) groups excluding carboxylic acids is 1. The third-order valence-corrected chi connectivity index (χ3v) is 5.48. The predicted octanol–water partition coefficient (Wildman–Crippen LogP) is 2.08. The Morgan fingerprint density at radius 2 is 1.76 bits per heavy atom. The number of carbonyl (C=O) groups is 1. The number of hydrogen-bond acceptors (Lipinski definition) is 4. The number of fused-ring (bicyclic) bond motifs is 1. The molecule has 0 spiro atoms. The van der Waals surface area contributed by atoms with Gasteiger partial charge in [-0.05, 0) is 37.8 Å². The number of pyridine rings is 1. The fourth-order valence-corrected chi connectivity index (χ4v) is 3.95. The number of nitrogens with zero attached hydrogens (tertiary/aromatic N) is 4. The summed E-state index contributed by atoms with van der Waals surface area (Å²) < 4.78 is 2.54. The third-order valence-electron chi connectivity index (χ3n) is 5.48. The van der Waals surface area contributed by atoms with E-state index in [4.69, 9.17) is 0 Å². The van der Waals surface area contributed by atoms with Gasteiger partial charge in [-0.25, -0.2) is 9.78 Å². The molecular weight excluding hydrogens is 368 g/mol. The minimum atomic E-state index is -0.472. The monoisotopic (exact) mass is 392 g/mol. The maximum atomic E-state index is 13.4. The summed E-state index contributed by atoms with van der Waals surface area (Å²) in [5, 5.41) is 0.212. The van der Waals surface area contributed by atoms with E-state index < -0.39 is 11.2 Å². The van der Waals surface area contributed by atoms with Crippen LogP contribution in [0.25, 0.3) is 11.0 Å². The van der Waals surface area contributed by atoms with E-state index in [1.807, 2.05) is 30.3 Å². The van der Waals surface area contributed by atoms with E-state index in [1.165, 1.54) is 9.13 Å². The summed E-state index contributed by atoms with van der Waals surface area (Å²) in [6.45, 7) is 3.29. The van der Waals surface area contributed by atoms with E-state index in [0.717, 1.165) is 24.8 Å². The summed E-state index contributed by atoms with van der Waals surface area (Å²) in [7, 11) is 1.59. The summed E-state index contributed by atoms with van der Waals surface area (Å²) in [6, 6.07) is 11.0. The summed E-state index contributed by atoms with van der Waals surface area (Å²) in [5.74, 6) is -0.165. The summed E-state index contributed by atoms with van der Waals surface area (Å²) in [6.07, 6.45) is 3.03. The van der Waals surface area contributed by atoms with Gasteiger partial charge in [0.25, 0.3) is 11.5 Å². The Balaban J connectivity index is 1.94. The van der Waals surface area contributed by atoms with Gasteiger partial charge in [-0.1, -0.05) is 30.3 Å². The highest BCUT2D eigenvalue weighted by molar-refractivity contribution is 6.05. The van der Waals surface area contributed by atoms with Crippen molar-refractivity contribution in [3.63, 3.8) is 0 Å². The van der Waals surface area contributed by atoms with Crippen LogP contribution in [0.2, 0.25) is 0 Å². The largest absolute Gasteiger partial charge is 0.339 e. The SMILES string of the molecule is Cc1cc(C(=O)N2CCCCC2)c2c(=O)n(Cc3ccccc3)c(=O)n(C)c2n1. The van der Waals surface area contributed by atoms with Crippen molar-refractivity contribution in [2.75, 3.05) is 13.1 Å². The molecule has 1 aromatic carbocycles. The first-order valence-electron chi connectivity index (χ1n) is 9.92. The molecule has 4 rings (SSSR count). The second-order valence-corrected chi connectivity index (χ2v) is 7.58. The lowest BCUT2D eigenvalue weighted by atomic mass is 10.1. The maximum absolute atomic E-state index is 13.4. The number of amides is 1. The Morgan fingerprint density at radius 3 is 2.45 bits per heavy atom. The van der Waals surface area contributed by atoms with Crippen LogP contribution in [0, 0.1) is 6.92 Å². The van der Waals surface area contributed by atoms with Crippen molar-refractivity contribution in [1.82, 2.24) is 19.0 Å². The van der Waals surface area contributed by atoms with E-state index in [0.29, 0.717) is 24.3 Å². The molecule has 2 aromatic heterocycles. The highest BCUT2D eigenvalue weighted by atomic mass is 16.2. The van der Waals surface area contributed by atoms with Gasteiger partial charge < -0.3 is 4.90 Å². The van der Waals surface area contributed by atoms with Crippen LogP contribution in [0.3, 0.4) is 0 Å². The number of piperidine rings is 1. The molecule has 0 N–H and O–H groups in total. The average molecular weight is 392 g/mol. The molecule has 1 amide bonds. The minimum absolute atomic E-state index is 0.146. The van der Waals surface area contributed by atoms with E-state index in [2.05, 4.69) is 4.98 Å². The van der Waals surface area contributed by atoms with Crippen LogP contribution in [0.4, 0.5) is 0 Å². The molecule has 1 aliphatic rings. The number of aromatic nitrogens is 3. The van der Waals surface area contributed by atoms with E-state index in [1.54, 1.807) is 24.9 Å². The number of hydrogen-bond donors (Lipinski definition) is 0. The van der Waals surface area contributed by atoms with Crippen molar-refractivity contribution in [2.24, 2.45) is 7.05 Å². The van der Waals surface area contributed by atoms with Crippen LogP contribution in [0.5, 0.6) is 0 Å². The molecular formula is C22H24N4O3. The summed E-state index contributed by atoms with van der Waals surface area (Å²) in [4.78, 5) is 45.7. The first kappa shape index (κ1) is 19.1. The Bertz CT molecular complexity index is 1190. The van der Waals surface area contributed by atoms with Gasteiger partial charge in [0.15, 0.2) is 0 Å². The molecule has 0 unspecified atom stereocenters. The van der Waals surface area contributed by atoms with Gasteiger partial charge in [0.05, 0.1) is 17.5 Å². The highest BCUT2D eigenvalue weighted by Gasteiger charge is 2.24. The number of benzene rings is 1. The van der Waals surface area contributed by atoms with Crippen LogP contribution >= 0.6 is 0 Å². The minimum Gasteiger partial charge on any atom is -0.339 e. The zero-order valence-electron chi connectivity index (χ0n) is 16.7. The molecule has 7 heteroatoms. The Morgan fingerprint density at radius 1 is 1.07 bits per heavy atom. The molecule has 1 fully saturated rings. The fourth-order valence-electron chi connectivity index (χ4n) is 3.95. The van der Waals surface area contributed by atoms with Gasteiger partial charge in [-0.15, -0.1) is 0 Å². The maximum Gasteiger partial charge on any atom is 0.332 e. The van der Waals surface area contributed by atoms with Crippen molar-refractivity contribution >= 4 is 16.9 Å². The lowest BCUT2D eigenvalue weighted by Gasteiger charge is -2.27.